The van der Waals surface area contributed by atoms with Gasteiger partial charge in [0.15, 0.2) is 11.6 Å². The number of aliphatic hydroxyl groups excluding tert-OH is 1. The standard InChI is InChI=1S/C12H15F2NO5S/c1-6(5-16)7(2)15-21(19,20)10-4-8(12(17)18)3-9(13)11(10)14/h3-4,6-7,15-16H,5H2,1-2H3,(H,17,18). The molecular formula is C12H15F2NO5S. The van der Waals surface area contributed by atoms with E-state index in [1.54, 1.807) is 6.92 Å². The van der Waals surface area contributed by atoms with E-state index in [0.29, 0.717) is 12.1 Å². The summed E-state index contributed by atoms with van der Waals surface area (Å²) in [5.74, 6) is -5.27. The van der Waals surface area contributed by atoms with E-state index in [9.17, 15) is 22.0 Å². The monoisotopic (exact) mass is 323 g/mol. The van der Waals surface area contributed by atoms with Crippen LogP contribution in [0.5, 0.6) is 0 Å². The summed E-state index contributed by atoms with van der Waals surface area (Å²) in [5.41, 5.74) is -0.683. The van der Waals surface area contributed by atoms with E-state index in [1.165, 1.54) is 6.92 Å². The maximum Gasteiger partial charge on any atom is 0.335 e. The number of aliphatic hydroxyl groups is 1. The Morgan fingerprint density at radius 2 is 1.90 bits per heavy atom. The maximum absolute atomic E-state index is 13.6. The van der Waals surface area contributed by atoms with Gasteiger partial charge in [-0.25, -0.2) is 26.7 Å². The molecular weight excluding hydrogens is 308 g/mol. The number of carboxylic acids is 1. The summed E-state index contributed by atoms with van der Waals surface area (Å²) in [4.78, 5) is 9.70. The molecule has 0 aliphatic carbocycles. The summed E-state index contributed by atoms with van der Waals surface area (Å²) in [6.45, 7) is 2.68. The molecule has 0 saturated carbocycles. The first kappa shape index (κ1) is 17.5. The smallest absolute Gasteiger partial charge is 0.335 e. The highest BCUT2D eigenvalue weighted by molar-refractivity contribution is 7.89. The van der Waals surface area contributed by atoms with Crippen LogP contribution in [-0.2, 0) is 10.0 Å². The number of hydrogen-bond donors (Lipinski definition) is 3. The Morgan fingerprint density at radius 1 is 1.33 bits per heavy atom. The number of sulfonamides is 1. The fraction of sp³-hybridized carbons (Fsp3) is 0.417. The number of hydrogen-bond acceptors (Lipinski definition) is 4. The summed E-state index contributed by atoms with van der Waals surface area (Å²) >= 11 is 0. The molecule has 0 spiro atoms. The lowest BCUT2D eigenvalue weighted by atomic mass is 10.1. The Hall–Kier alpha value is -1.58. The van der Waals surface area contributed by atoms with Crippen molar-refractivity contribution in [1.29, 1.82) is 0 Å². The van der Waals surface area contributed by atoms with E-state index in [2.05, 4.69) is 4.72 Å². The van der Waals surface area contributed by atoms with E-state index in [0.717, 1.165) is 0 Å². The van der Waals surface area contributed by atoms with Crippen molar-refractivity contribution in [2.24, 2.45) is 5.92 Å². The topological polar surface area (TPSA) is 104 Å². The molecule has 1 aromatic rings. The number of carbonyl (C=O) groups is 1. The van der Waals surface area contributed by atoms with Gasteiger partial charge in [0.25, 0.3) is 0 Å². The van der Waals surface area contributed by atoms with Crippen molar-refractivity contribution in [2.45, 2.75) is 24.8 Å². The molecule has 0 fully saturated rings. The van der Waals surface area contributed by atoms with Gasteiger partial charge < -0.3 is 10.2 Å². The van der Waals surface area contributed by atoms with Gasteiger partial charge in [-0.05, 0) is 25.0 Å². The van der Waals surface area contributed by atoms with Gasteiger partial charge in [-0.2, -0.15) is 0 Å². The number of aromatic carboxylic acids is 1. The highest BCUT2D eigenvalue weighted by Gasteiger charge is 2.27. The summed E-state index contributed by atoms with van der Waals surface area (Å²) in [7, 11) is -4.46. The molecule has 1 aromatic carbocycles. The zero-order chi connectivity index (χ0) is 16.4. The first-order valence-corrected chi connectivity index (χ1v) is 7.44. The molecule has 2 unspecified atom stereocenters. The molecule has 1 rings (SSSR count). The molecule has 9 heteroatoms. The van der Waals surface area contributed by atoms with E-state index in [4.69, 9.17) is 10.2 Å². The van der Waals surface area contributed by atoms with Gasteiger partial charge in [0.05, 0.1) is 5.56 Å². The number of halogens is 2. The Bertz CT molecular complexity index is 647. The van der Waals surface area contributed by atoms with Gasteiger partial charge in [-0.3, -0.25) is 0 Å². The largest absolute Gasteiger partial charge is 0.478 e. The van der Waals surface area contributed by atoms with Crippen LogP contribution in [0.3, 0.4) is 0 Å². The molecule has 21 heavy (non-hydrogen) atoms. The predicted octanol–water partition coefficient (Wildman–Crippen LogP) is 0.958. The fourth-order valence-electron chi connectivity index (χ4n) is 1.47. The lowest BCUT2D eigenvalue weighted by Crippen LogP contribution is -2.38. The van der Waals surface area contributed by atoms with Gasteiger partial charge in [0.1, 0.15) is 4.90 Å². The zero-order valence-electron chi connectivity index (χ0n) is 11.3. The van der Waals surface area contributed by atoms with E-state index >= 15 is 0 Å². The number of rotatable bonds is 6. The molecule has 0 aromatic heterocycles. The van der Waals surface area contributed by atoms with Crippen LogP contribution < -0.4 is 4.72 Å². The molecule has 0 heterocycles. The minimum Gasteiger partial charge on any atom is -0.478 e. The SMILES string of the molecule is CC(CO)C(C)NS(=O)(=O)c1cc(C(=O)O)cc(F)c1F. The molecule has 0 bridgehead atoms. The molecule has 0 aliphatic heterocycles. The molecule has 2 atom stereocenters. The highest BCUT2D eigenvalue weighted by Crippen LogP contribution is 2.21. The molecule has 0 aliphatic rings. The van der Waals surface area contributed by atoms with Crippen LogP contribution in [0.15, 0.2) is 17.0 Å². The first-order valence-electron chi connectivity index (χ1n) is 5.95. The third-order valence-corrected chi connectivity index (χ3v) is 4.57. The van der Waals surface area contributed by atoms with Crippen molar-refractivity contribution in [3.63, 3.8) is 0 Å². The van der Waals surface area contributed by atoms with Crippen LogP contribution in [0.1, 0.15) is 24.2 Å². The van der Waals surface area contributed by atoms with Crippen LogP contribution in [0.25, 0.3) is 0 Å². The van der Waals surface area contributed by atoms with Crippen LogP contribution >= 0.6 is 0 Å². The maximum atomic E-state index is 13.6. The van der Waals surface area contributed by atoms with E-state index in [-0.39, 0.29) is 6.61 Å². The minimum atomic E-state index is -4.46. The quantitative estimate of drug-likeness (QED) is 0.723. The van der Waals surface area contributed by atoms with Crippen molar-refractivity contribution < 1.29 is 32.2 Å². The molecule has 0 amide bonds. The highest BCUT2D eigenvalue weighted by atomic mass is 32.2. The molecule has 3 N–H and O–H groups in total. The molecule has 0 radical (unpaired) electrons. The van der Waals surface area contributed by atoms with Gasteiger partial charge in [-0.15, -0.1) is 0 Å². The first-order chi connectivity index (χ1) is 9.60. The average Bonchev–Trinajstić information content (AvgIpc) is 2.39. The normalized spacial score (nSPS) is 14.7. The summed E-state index contributed by atoms with van der Waals surface area (Å²) in [6.07, 6.45) is 0. The molecule has 0 saturated heterocycles. The lowest BCUT2D eigenvalue weighted by Gasteiger charge is -2.19. The Balaban J connectivity index is 3.28. The molecule has 118 valence electrons. The Labute approximate surface area is 120 Å². The zero-order valence-corrected chi connectivity index (χ0v) is 12.1. The van der Waals surface area contributed by atoms with Crippen LogP contribution in [-0.4, -0.2) is 37.2 Å². The Morgan fingerprint density at radius 3 is 2.38 bits per heavy atom. The summed E-state index contributed by atoms with van der Waals surface area (Å²) < 4.78 is 53.1. The van der Waals surface area contributed by atoms with Crippen LogP contribution in [0.4, 0.5) is 8.78 Å². The predicted molar refractivity (Wildman–Crippen MR) is 69.4 cm³/mol. The second kappa shape index (κ2) is 6.46. The van der Waals surface area contributed by atoms with Gasteiger partial charge in [0.2, 0.25) is 10.0 Å². The Kier molecular flexibility index (Phi) is 5.37. The van der Waals surface area contributed by atoms with Crippen molar-refractivity contribution in [3.05, 3.63) is 29.3 Å². The van der Waals surface area contributed by atoms with Crippen molar-refractivity contribution in [1.82, 2.24) is 4.72 Å². The summed E-state index contributed by atoms with van der Waals surface area (Å²) in [5, 5.41) is 17.7. The van der Waals surface area contributed by atoms with Gasteiger partial charge in [0, 0.05) is 12.6 Å². The van der Waals surface area contributed by atoms with Gasteiger partial charge >= 0.3 is 5.97 Å². The number of carboxylic acid groups (broad SMARTS) is 1. The van der Waals surface area contributed by atoms with E-state index < -0.39 is 50.0 Å². The molecule has 6 nitrogen and oxygen atoms in total. The van der Waals surface area contributed by atoms with Crippen LogP contribution in [0.2, 0.25) is 0 Å². The number of nitrogens with one attached hydrogen (secondary N) is 1. The van der Waals surface area contributed by atoms with Crippen molar-refractivity contribution in [3.8, 4) is 0 Å². The average molecular weight is 323 g/mol. The second-order valence-electron chi connectivity index (χ2n) is 4.65. The summed E-state index contributed by atoms with van der Waals surface area (Å²) in [6, 6.07) is 0.187. The van der Waals surface area contributed by atoms with Gasteiger partial charge in [-0.1, -0.05) is 6.92 Å². The third-order valence-electron chi connectivity index (χ3n) is 3.01. The third kappa shape index (κ3) is 3.96. The van der Waals surface area contributed by atoms with E-state index in [1.807, 2.05) is 0 Å². The lowest BCUT2D eigenvalue weighted by molar-refractivity contribution is 0.0696. The van der Waals surface area contributed by atoms with Crippen LogP contribution in [0, 0.1) is 17.6 Å². The second-order valence-corrected chi connectivity index (χ2v) is 6.33. The number of benzene rings is 1. The minimum absolute atomic E-state index is 0.310. The van der Waals surface area contributed by atoms with Crippen molar-refractivity contribution in [2.75, 3.05) is 6.61 Å². The van der Waals surface area contributed by atoms with Crippen molar-refractivity contribution >= 4 is 16.0 Å². The fourth-order valence-corrected chi connectivity index (χ4v) is 2.93.